The van der Waals surface area contributed by atoms with Crippen molar-refractivity contribution in [3.63, 3.8) is 0 Å². The first-order chi connectivity index (χ1) is 8.11. The van der Waals surface area contributed by atoms with Gasteiger partial charge < -0.3 is 14.5 Å². The van der Waals surface area contributed by atoms with E-state index in [0.717, 1.165) is 11.5 Å². The summed E-state index contributed by atoms with van der Waals surface area (Å²) in [6.45, 7) is 3.96. The van der Waals surface area contributed by atoms with Crippen LogP contribution in [0.3, 0.4) is 0 Å². The number of carbonyl (C=O) groups is 1. The Kier molecular flexibility index (Phi) is 5.72. The lowest BCUT2D eigenvalue weighted by Crippen LogP contribution is -2.36. The summed E-state index contributed by atoms with van der Waals surface area (Å²) in [5.41, 5.74) is 0. The highest BCUT2D eigenvalue weighted by Gasteiger charge is 2.08. The molecule has 0 unspecified atom stereocenters. The normalized spacial score (nSPS) is 10.8. The molecule has 0 fully saturated rings. The molecule has 0 saturated heterocycles. The molecule has 96 valence electrons. The molecule has 1 N–H and O–H groups in total. The smallest absolute Gasteiger partial charge is 0.234 e. The molecule has 17 heavy (non-hydrogen) atoms. The van der Waals surface area contributed by atoms with Crippen LogP contribution in [-0.4, -0.2) is 44.7 Å². The molecule has 1 aromatic rings. The molecular formula is C12H20N2O3. The zero-order chi connectivity index (χ0) is 12.7. The van der Waals surface area contributed by atoms with Gasteiger partial charge in [0, 0.05) is 13.7 Å². The average Bonchev–Trinajstić information content (AvgIpc) is 2.64. The summed E-state index contributed by atoms with van der Waals surface area (Å²) in [5.74, 6) is 1.75. The third kappa shape index (κ3) is 5.51. The molecule has 1 amide bonds. The van der Waals surface area contributed by atoms with E-state index >= 15 is 0 Å². The minimum Gasteiger partial charge on any atom is -0.465 e. The van der Waals surface area contributed by atoms with Crippen molar-refractivity contribution < 1.29 is 13.9 Å². The number of carbonyl (C=O) groups excluding carboxylic acids is 1. The van der Waals surface area contributed by atoms with Gasteiger partial charge in [0.15, 0.2) is 0 Å². The third-order valence-electron chi connectivity index (χ3n) is 2.26. The summed E-state index contributed by atoms with van der Waals surface area (Å²) in [6.07, 6.45) is 0. The first-order valence-corrected chi connectivity index (χ1v) is 5.61. The maximum atomic E-state index is 11.5. The lowest BCUT2D eigenvalue weighted by Gasteiger charge is -2.14. The quantitative estimate of drug-likeness (QED) is 0.716. The van der Waals surface area contributed by atoms with Crippen molar-refractivity contribution in [2.45, 2.75) is 13.5 Å². The van der Waals surface area contributed by atoms with Crippen molar-refractivity contribution in [3.05, 3.63) is 23.7 Å². The van der Waals surface area contributed by atoms with Crippen LogP contribution in [0.1, 0.15) is 11.5 Å². The van der Waals surface area contributed by atoms with Crippen LogP contribution < -0.4 is 5.32 Å². The molecule has 1 heterocycles. The lowest BCUT2D eigenvalue weighted by atomic mass is 10.4. The van der Waals surface area contributed by atoms with Crippen molar-refractivity contribution in [1.82, 2.24) is 10.2 Å². The van der Waals surface area contributed by atoms with Gasteiger partial charge in [-0.1, -0.05) is 0 Å². The number of ether oxygens (including phenoxy) is 1. The second-order valence-electron chi connectivity index (χ2n) is 4.03. The van der Waals surface area contributed by atoms with E-state index in [1.165, 1.54) is 0 Å². The Hall–Kier alpha value is -1.33. The zero-order valence-corrected chi connectivity index (χ0v) is 10.7. The summed E-state index contributed by atoms with van der Waals surface area (Å²) >= 11 is 0. The summed E-state index contributed by atoms with van der Waals surface area (Å²) in [7, 11) is 3.49. The number of aryl methyl sites for hydroxylation is 1. The van der Waals surface area contributed by atoms with E-state index in [2.05, 4.69) is 5.32 Å². The Morgan fingerprint density at radius 2 is 2.29 bits per heavy atom. The molecule has 1 rings (SSSR count). The summed E-state index contributed by atoms with van der Waals surface area (Å²) in [6, 6.07) is 3.84. The fourth-order valence-corrected chi connectivity index (χ4v) is 1.49. The van der Waals surface area contributed by atoms with Gasteiger partial charge in [0.1, 0.15) is 11.5 Å². The molecular weight excluding hydrogens is 220 g/mol. The topological polar surface area (TPSA) is 54.7 Å². The van der Waals surface area contributed by atoms with Crippen LogP contribution in [0.2, 0.25) is 0 Å². The predicted molar refractivity (Wildman–Crippen MR) is 64.7 cm³/mol. The highest BCUT2D eigenvalue weighted by molar-refractivity contribution is 5.77. The van der Waals surface area contributed by atoms with Gasteiger partial charge >= 0.3 is 0 Å². The molecule has 0 bridgehead atoms. The van der Waals surface area contributed by atoms with Crippen LogP contribution in [0.25, 0.3) is 0 Å². The number of amides is 1. The largest absolute Gasteiger partial charge is 0.465 e. The van der Waals surface area contributed by atoms with Gasteiger partial charge in [0.05, 0.1) is 19.7 Å². The molecule has 0 aromatic carbocycles. The van der Waals surface area contributed by atoms with Gasteiger partial charge in [-0.2, -0.15) is 0 Å². The summed E-state index contributed by atoms with van der Waals surface area (Å²) in [5, 5.41) is 2.77. The van der Waals surface area contributed by atoms with Gasteiger partial charge in [-0.3, -0.25) is 9.69 Å². The monoisotopic (exact) mass is 240 g/mol. The Morgan fingerprint density at radius 3 is 2.88 bits per heavy atom. The van der Waals surface area contributed by atoms with Crippen LogP contribution >= 0.6 is 0 Å². The number of hydrogen-bond donors (Lipinski definition) is 1. The van der Waals surface area contributed by atoms with E-state index < -0.39 is 0 Å². The second kappa shape index (κ2) is 7.09. The van der Waals surface area contributed by atoms with Gasteiger partial charge in [-0.05, 0) is 26.1 Å². The Balaban J connectivity index is 2.24. The number of rotatable bonds is 7. The van der Waals surface area contributed by atoms with Crippen molar-refractivity contribution in [1.29, 1.82) is 0 Å². The van der Waals surface area contributed by atoms with Gasteiger partial charge in [-0.15, -0.1) is 0 Å². The molecule has 0 aliphatic carbocycles. The lowest BCUT2D eigenvalue weighted by molar-refractivity contribution is -0.122. The van der Waals surface area contributed by atoms with Gasteiger partial charge in [0.2, 0.25) is 5.91 Å². The Labute approximate surface area is 102 Å². The van der Waals surface area contributed by atoms with E-state index in [-0.39, 0.29) is 5.91 Å². The summed E-state index contributed by atoms with van der Waals surface area (Å²) < 4.78 is 10.3. The molecule has 0 atom stereocenters. The molecule has 0 aliphatic rings. The van der Waals surface area contributed by atoms with Gasteiger partial charge in [-0.25, -0.2) is 0 Å². The Bertz CT molecular complexity index is 349. The molecule has 0 spiro atoms. The molecule has 1 aromatic heterocycles. The van der Waals surface area contributed by atoms with Crippen LogP contribution in [0.5, 0.6) is 0 Å². The van der Waals surface area contributed by atoms with E-state index in [4.69, 9.17) is 9.15 Å². The first-order valence-electron chi connectivity index (χ1n) is 5.61. The zero-order valence-electron chi connectivity index (χ0n) is 10.7. The highest BCUT2D eigenvalue weighted by atomic mass is 16.5. The number of nitrogens with one attached hydrogen (secondary N) is 1. The maximum absolute atomic E-state index is 11.5. The number of methoxy groups -OCH3 is 1. The van der Waals surface area contributed by atoms with E-state index in [9.17, 15) is 4.79 Å². The predicted octanol–water partition coefficient (Wildman–Crippen LogP) is 0.782. The number of nitrogens with zero attached hydrogens (tertiary/aromatic N) is 1. The van der Waals surface area contributed by atoms with Gasteiger partial charge in [0.25, 0.3) is 0 Å². The SMILES string of the molecule is COCCNC(=O)CN(C)Cc1ccc(C)o1. The van der Waals surface area contributed by atoms with Crippen LogP contribution in [0, 0.1) is 6.92 Å². The molecule has 0 radical (unpaired) electrons. The van der Waals surface area contributed by atoms with Crippen molar-refractivity contribution in [2.24, 2.45) is 0 Å². The van der Waals surface area contributed by atoms with E-state index in [1.54, 1.807) is 7.11 Å². The molecule has 5 heteroatoms. The minimum atomic E-state index is -0.00664. The van der Waals surface area contributed by atoms with Crippen molar-refractivity contribution in [2.75, 3.05) is 33.9 Å². The standard InChI is InChI=1S/C12H20N2O3/c1-10-4-5-11(17-10)8-14(2)9-12(15)13-6-7-16-3/h4-5H,6-9H2,1-3H3,(H,13,15). The number of furan rings is 1. The minimum absolute atomic E-state index is 0.00664. The molecule has 0 aliphatic heterocycles. The van der Waals surface area contributed by atoms with Crippen LogP contribution in [-0.2, 0) is 16.1 Å². The number of hydrogen-bond acceptors (Lipinski definition) is 4. The van der Waals surface area contributed by atoms with E-state index in [0.29, 0.717) is 26.2 Å². The maximum Gasteiger partial charge on any atom is 0.234 e. The fourth-order valence-electron chi connectivity index (χ4n) is 1.49. The second-order valence-corrected chi connectivity index (χ2v) is 4.03. The summed E-state index contributed by atoms with van der Waals surface area (Å²) in [4.78, 5) is 13.4. The van der Waals surface area contributed by atoms with Crippen LogP contribution in [0.15, 0.2) is 16.5 Å². The Morgan fingerprint density at radius 1 is 1.53 bits per heavy atom. The molecule has 0 saturated carbocycles. The number of likely N-dealkylation sites (N-methyl/N-ethyl adjacent to an activating group) is 1. The third-order valence-corrected chi connectivity index (χ3v) is 2.26. The molecule has 5 nitrogen and oxygen atoms in total. The highest BCUT2D eigenvalue weighted by Crippen LogP contribution is 2.08. The van der Waals surface area contributed by atoms with Crippen LogP contribution in [0.4, 0.5) is 0 Å². The van der Waals surface area contributed by atoms with Crippen molar-refractivity contribution in [3.8, 4) is 0 Å². The average molecular weight is 240 g/mol. The van der Waals surface area contributed by atoms with Crippen molar-refractivity contribution >= 4 is 5.91 Å². The fraction of sp³-hybridized carbons (Fsp3) is 0.583. The van der Waals surface area contributed by atoms with E-state index in [1.807, 2.05) is 31.0 Å². The first kappa shape index (κ1) is 13.7.